The van der Waals surface area contributed by atoms with Crippen molar-refractivity contribution >= 4 is 0 Å². The molecule has 0 spiro atoms. The predicted octanol–water partition coefficient (Wildman–Crippen LogP) is 2.16. The molecular weight excluding hydrogens is 144 g/mol. The van der Waals surface area contributed by atoms with Gasteiger partial charge in [0.05, 0.1) is 0 Å². The van der Waals surface area contributed by atoms with Gasteiger partial charge in [0.15, 0.2) is 0 Å². The van der Waals surface area contributed by atoms with Gasteiger partial charge in [-0.15, -0.1) is 0 Å². The van der Waals surface area contributed by atoms with E-state index in [2.05, 4.69) is 24.3 Å². The molecule has 0 amide bonds. The van der Waals surface area contributed by atoms with Gasteiger partial charge >= 0.3 is 0 Å². The molecule has 58 valence electrons. The zero-order valence-electron chi connectivity index (χ0n) is 6.77. The fraction of sp³-hybridized carbons (Fsp3) is 0.500. The minimum absolute atomic E-state index is 0.904. The summed E-state index contributed by atoms with van der Waals surface area (Å²) < 4.78 is 0. The maximum Gasteiger partial charge on any atom is 0.00264 e. The van der Waals surface area contributed by atoms with Crippen LogP contribution in [0.5, 0.6) is 0 Å². The summed E-state index contributed by atoms with van der Waals surface area (Å²) in [6.07, 6.45) is 9.93. The monoisotopic (exact) mass is 154 g/mol. The fourth-order valence-corrected chi connectivity index (χ4v) is 4.85. The van der Waals surface area contributed by atoms with E-state index in [1.807, 2.05) is 11.1 Å². The van der Waals surface area contributed by atoms with Crippen molar-refractivity contribution < 1.29 is 0 Å². The molecule has 0 radical (unpaired) electrons. The van der Waals surface area contributed by atoms with E-state index in [9.17, 15) is 0 Å². The van der Waals surface area contributed by atoms with E-state index in [0.717, 1.165) is 35.5 Å². The molecule has 2 saturated carbocycles. The molecule has 6 rings (SSSR count). The summed E-state index contributed by atoms with van der Waals surface area (Å²) in [6.45, 7) is 0. The Labute approximate surface area is 71.7 Å². The average Bonchev–Trinajstić information content (AvgIpc) is 2.84. The molecule has 2 fully saturated rings. The Bertz CT molecular complexity index is 326. The van der Waals surface area contributed by atoms with Crippen LogP contribution in [-0.2, 0) is 0 Å². The van der Waals surface area contributed by atoms with E-state index >= 15 is 0 Å². The lowest BCUT2D eigenvalue weighted by molar-refractivity contribution is 0.343. The van der Waals surface area contributed by atoms with Gasteiger partial charge in [-0.25, -0.2) is 0 Å². The van der Waals surface area contributed by atoms with Crippen molar-refractivity contribution in [2.24, 2.45) is 35.5 Å². The van der Waals surface area contributed by atoms with Gasteiger partial charge in [-0.1, -0.05) is 35.5 Å². The molecule has 8 bridgehead atoms. The Morgan fingerprint density at radius 1 is 0.583 bits per heavy atom. The van der Waals surface area contributed by atoms with Crippen LogP contribution >= 0.6 is 0 Å². The Hall–Kier alpha value is -0.780. The van der Waals surface area contributed by atoms with Crippen molar-refractivity contribution in [2.75, 3.05) is 0 Å². The van der Waals surface area contributed by atoms with Crippen molar-refractivity contribution in [3.8, 4) is 0 Å². The third kappa shape index (κ3) is 0.257. The maximum atomic E-state index is 2.48. The van der Waals surface area contributed by atoms with Crippen molar-refractivity contribution in [3.05, 3.63) is 35.5 Å². The predicted molar refractivity (Wildman–Crippen MR) is 46.2 cm³/mol. The van der Waals surface area contributed by atoms with E-state index in [1.54, 1.807) is 0 Å². The second kappa shape index (κ2) is 1.17. The molecule has 0 heteroatoms. The summed E-state index contributed by atoms with van der Waals surface area (Å²) in [5.41, 5.74) is 3.73. The summed E-state index contributed by atoms with van der Waals surface area (Å²) in [5, 5.41) is 0. The van der Waals surface area contributed by atoms with Gasteiger partial charge in [-0.2, -0.15) is 0 Å². The molecule has 0 saturated heterocycles. The van der Waals surface area contributed by atoms with E-state index in [0.29, 0.717) is 0 Å². The highest BCUT2D eigenvalue weighted by atomic mass is 14.7. The zero-order valence-corrected chi connectivity index (χ0v) is 6.77. The summed E-state index contributed by atoms with van der Waals surface area (Å²) in [4.78, 5) is 0. The standard InChI is InChI=1S/C12H10/c1-2-6-9-5(1)11-7-3-4-8(10(7)9)12(6)11/h1-10H. The first-order valence-electron chi connectivity index (χ1n) is 5.07. The molecule has 0 aromatic heterocycles. The fourth-order valence-electron chi connectivity index (χ4n) is 4.85. The molecule has 4 atom stereocenters. The Morgan fingerprint density at radius 3 is 1.25 bits per heavy atom. The van der Waals surface area contributed by atoms with Crippen molar-refractivity contribution in [1.82, 2.24) is 0 Å². The van der Waals surface area contributed by atoms with Crippen LogP contribution < -0.4 is 0 Å². The molecule has 6 aliphatic rings. The lowest BCUT2D eigenvalue weighted by Crippen LogP contribution is -2.12. The molecule has 0 N–H and O–H groups in total. The average molecular weight is 154 g/mol. The van der Waals surface area contributed by atoms with Gasteiger partial charge in [0, 0.05) is 23.7 Å². The largest absolute Gasteiger partial charge is 0.0804 e. The normalized spacial score (nSPS) is 65.3. The van der Waals surface area contributed by atoms with Gasteiger partial charge < -0.3 is 0 Å². The highest BCUT2D eigenvalue weighted by Gasteiger charge is 2.68. The van der Waals surface area contributed by atoms with Crippen LogP contribution in [0.4, 0.5) is 0 Å². The second-order valence-corrected chi connectivity index (χ2v) is 4.94. The third-order valence-corrected chi connectivity index (χ3v) is 4.92. The van der Waals surface area contributed by atoms with E-state index < -0.39 is 0 Å². The Balaban J connectivity index is 1.96. The third-order valence-electron chi connectivity index (χ3n) is 4.92. The molecule has 0 aromatic rings. The zero-order chi connectivity index (χ0) is 7.45. The smallest absolute Gasteiger partial charge is 0.00264 e. The number of hydrogen-bond donors (Lipinski definition) is 0. The summed E-state index contributed by atoms with van der Waals surface area (Å²) in [7, 11) is 0. The van der Waals surface area contributed by atoms with Crippen LogP contribution in [0.25, 0.3) is 0 Å². The molecule has 0 aliphatic heterocycles. The SMILES string of the molecule is C1=CC2C3=C4C1C2C1C4C=CC31. The number of hydrogen-bond acceptors (Lipinski definition) is 0. The topological polar surface area (TPSA) is 0 Å². The first-order chi connectivity index (χ1) is 5.97. The molecule has 4 unspecified atom stereocenters. The van der Waals surface area contributed by atoms with Gasteiger partial charge in [-0.05, 0) is 11.8 Å². The van der Waals surface area contributed by atoms with E-state index in [-0.39, 0.29) is 0 Å². The Morgan fingerprint density at radius 2 is 0.917 bits per heavy atom. The van der Waals surface area contributed by atoms with E-state index in [1.165, 1.54) is 0 Å². The number of allylic oxidation sites excluding steroid dienone is 6. The minimum Gasteiger partial charge on any atom is -0.0804 e. The first kappa shape index (κ1) is 5.06. The van der Waals surface area contributed by atoms with Crippen LogP contribution in [0.1, 0.15) is 0 Å². The van der Waals surface area contributed by atoms with Gasteiger partial charge in [-0.3, -0.25) is 0 Å². The lowest BCUT2D eigenvalue weighted by Gasteiger charge is -2.16. The van der Waals surface area contributed by atoms with E-state index in [4.69, 9.17) is 0 Å². The number of rotatable bonds is 0. The van der Waals surface area contributed by atoms with Crippen LogP contribution in [0.3, 0.4) is 0 Å². The highest BCUT2D eigenvalue weighted by molar-refractivity contribution is 5.58. The quantitative estimate of drug-likeness (QED) is 0.469. The van der Waals surface area contributed by atoms with Crippen LogP contribution in [-0.4, -0.2) is 0 Å². The van der Waals surface area contributed by atoms with Crippen LogP contribution in [0.15, 0.2) is 35.5 Å². The van der Waals surface area contributed by atoms with Crippen molar-refractivity contribution in [1.29, 1.82) is 0 Å². The van der Waals surface area contributed by atoms with Gasteiger partial charge in [0.1, 0.15) is 0 Å². The van der Waals surface area contributed by atoms with Gasteiger partial charge in [0.2, 0.25) is 0 Å². The lowest BCUT2D eigenvalue weighted by atomic mass is 9.88. The van der Waals surface area contributed by atoms with Crippen molar-refractivity contribution in [2.45, 2.75) is 0 Å². The summed E-state index contributed by atoms with van der Waals surface area (Å²) in [6, 6.07) is 0. The second-order valence-electron chi connectivity index (χ2n) is 4.94. The Kier molecular flexibility index (Phi) is 0.494. The molecule has 0 aromatic carbocycles. The molecule has 0 nitrogen and oxygen atoms in total. The summed E-state index contributed by atoms with van der Waals surface area (Å²) in [5.74, 6) is 5.67. The summed E-state index contributed by atoms with van der Waals surface area (Å²) >= 11 is 0. The molecular formula is C12H10. The highest BCUT2D eigenvalue weighted by Crippen LogP contribution is 2.75. The van der Waals surface area contributed by atoms with Crippen LogP contribution in [0, 0.1) is 35.5 Å². The maximum absolute atomic E-state index is 2.48. The molecule has 6 aliphatic carbocycles. The first-order valence-corrected chi connectivity index (χ1v) is 5.07. The van der Waals surface area contributed by atoms with Crippen molar-refractivity contribution in [3.63, 3.8) is 0 Å². The minimum atomic E-state index is 0.904. The van der Waals surface area contributed by atoms with Gasteiger partial charge in [0.25, 0.3) is 0 Å². The molecule has 0 heterocycles. The van der Waals surface area contributed by atoms with Crippen LogP contribution in [0.2, 0.25) is 0 Å². The molecule has 12 heavy (non-hydrogen) atoms.